The van der Waals surface area contributed by atoms with E-state index in [4.69, 9.17) is 18.9 Å². The molecule has 1 heterocycles. The van der Waals surface area contributed by atoms with Crippen LogP contribution in [0.25, 0.3) is 11.1 Å². The second kappa shape index (κ2) is 9.51. The minimum atomic E-state index is -1.25. The molecule has 6 nitrogen and oxygen atoms in total. The lowest BCUT2D eigenvalue weighted by atomic mass is 9.92. The SMILES string of the molecule is CCOc1c(C)ccc(-c2ccc(OC3(C(=O)O)CCOCC3)cc2COC2CC2)c1C. The van der Waals surface area contributed by atoms with Crippen molar-refractivity contribution in [3.63, 3.8) is 0 Å². The molecule has 32 heavy (non-hydrogen) atoms. The van der Waals surface area contributed by atoms with Gasteiger partial charge in [-0.05, 0) is 73.6 Å². The van der Waals surface area contributed by atoms with Gasteiger partial charge in [0.1, 0.15) is 11.5 Å². The molecule has 172 valence electrons. The molecule has 1 saturated carbocycles. The third-order valence-corrected chi connectivity index (χ3v) is 6.26. The minimum absolute atomic E-state index is 0.311. The number of carboxylic acids is 1. The van der Waals surface area contributed by atoms with Gasteiger partial charge in [-0.3, -0.25) is 0 Å². The average Bonchev–Trinajstić information content (AvgIpc) is 3.61. The van der Waals surface area contributed by atoms with Crippen LogP contribution in [0.4, 0.5) is 0 Å². The Morgan fingerprint density at radius 2 is 1.84 bits per heavy atom. The predicted octanol–water partition coefficient (Wildman–Crippen LogP) is 5.06. The van der Waals surface area contributed by atoms with Gasteiger partial charge in [0.05, 0.1) is 32.5 Å². The van der Waals surface area contributed by atoms with Crippen LogP contribution in [0, 0.1) is 13.8 Å². The molecule has 2 fully saturated rings. The zero-order chi connectivity index (χ0) is 22.7. The zero-order valence-electron chi connectivity index (χ0n) is 19.1. The van der Waals surface area contributed by atoms with E-state index in [1.165, 1.54) is 0 Å². The minimum Gasteiger partial charge on any atom is -0.493 e. The monoisotopic (exact) mass is 440 g/mol. The van der Waals surface area contributed by atoms with Gasteiger partial charge in [-0.25, -0.2) is 4.79 Å². The van der Waals surface area contributed by atoms with Crippen LogP contribution in [0.15, 0.2) is 30.3 Å². The summed E-state index contributed by atoms with van der Waals surface area (Å²) >= 11 is 0. The van der Waals surface area contributed by atoms with E-state index in [0.717, 1.165) is 46.4 Å². The highest BCUT2D eigenvalue weighted by Crippen LogP contribution is 2.38. The Hall–Kier alpha value is -2.57. The van der Waals surface area contributed by atoms with E-state index in [1.807, 2.05) is 25.1 Å². The number of rotatable bonds is 9. The van der Waals surface area contributed by atoms with Crippen LogP contribution in [0.2, 0.25) is 0 Å². The van der Waals surface area contributed by atoms with E-state index in [0.29, 0.717) is 51.1 Å². The summed E-state index contributed by atoms with van der Waals surface area (Å²) in [5.74, 6) is 0.505. The maximum Gasteiger partial charge on any atom is 0.348 e. The van der Waals surface area contributed by atoms with Crippen molar-refractivity contribution in [3.8, 4) is 22.6 Å². The summed E-state index contributed by atoms with van der Waals surface area (Å²) < 4.78 is 23.4. The molecule has 2 aromatic rings. The summed E-state index contributed by atoms with van der Waals surface area (Å²) in [6, 6.07) is 9.97. The van der Waals surface area contributed by atoms with Gasteiger partial charge >= 0.3 is 5.97 Å². The van der Waals surface area contributed by atoms with Crippen molar-refractivity contribution in [1.82, 2.24) is 0 Å². The van der Waals surface area contributed by atoms with E-state index in [9.17, 15) is 9.90 Å². The summed E-state index contributed by atoms with van der Waals surface area (Å²) in [5, 5.41) is 9.86. The Labute approximate surface area is 189 Å². The number of ether oxygens (including phenoxy) is 4. The molecule has 4 rings (SSSR count). The summed E-state index contributed by atoms with van der Waals surface area (Å²) in [5.41, 5.74) is 4.05. The fourth-order valence-electron chi connectivity index (χ4n) is 4.23. The highest BCUT2D eigenvalue weighted by atomic mass is 16.5. The lowest BCUT2D eigenvalue weighted by Crippen LogP contribution is -2.49. The summed E-state index contributed by atoms with van der Waals surface area (Å²) in [6.07, 6.45) is 3.14. The summed E-state index contributed by atoms with van der Waals surface area (Å²) in [4.78, 5) is 12.0. The Morgan fingerprint density at radius 1 is 1.12 bits per heavy atom. The molecule has 0 bridgehead atoms. The number of benzene rings is 2. The van der Waals surface area contributed by atoms with Gasteiger partial charge in [-0.2, -0.15) is 0 Å². The molecule has 0 aromatic heterocycles. The van der Waals surface area contributed by atoms with Gasteiger partial charge in [0.2, 0.25) is 5.60 Å². The van der Waals surface area contributed by atoms with E-state index in [-0.39, 0.29) is 0 Å². The molecular weight excluding hydrogens is 408 g/mol. The molecular formula is C26H32O6. The molecule has 0 spiro atoms. The maximum absolute atomic E-state index is 12.0. The topological polar surface area (TPSA) is 74.2 Å². The number of carboxylic acid groups (broad SMARTS) is 1. The quantitative estimate of drug-likeness (QED) is 0.587. The van der Waals surface area contributed by atoms with Gasteiger partial charge in [0.15, 0.2) is 0 Å². The Bertz CT molecular complexity index is 973. The molecule has 0 unspecified atom stereocenters. The third-order valence-electron chi connectivity index (χ3n) is 6.26. The Balaban J connectivity index is 1.70. The third kappa shape index (κ3) is 4.76. The van der Waals surface area contributed by atoms with Crippen molar-refractivity contribution < 1.29 is 28.8 Å². The lowest BCUT2D eigenvalue weighted by molar-refractivity contribution is -0.163. The van der Waals surface area contributed by atoms with Crippen molar-refractivity contribution in [2.75, 3.05) is 19.8 Å². The Morgan fingerprint density at radius 3 is 2.50 bits per heavy atom. The molecule has 1 aliphatic carbocycles. The van der Waals surface area contributed by atoms with Gasteiger partial charge in [-0.1, -0.05) is 18.2 Å². The molecule has 2 aliphatic rings. The molecule has 0 radical (unpaired) electrons. The van der Waals surface area contributed by atoms with Gasteiger partial charge in [0.25, 0.3) is 0 Å². The van der Waals surface area contributed by atoms with Crippen molar-refractivity contribution in [2.24, 2.45) is 0 Å². The van der Waals surface area contributed by atoms with Gasteiger partial charge in [-0.15, -0.1) is 0 Å². The number of aliphatic carboxylic acids is 1. The first kappa shape index (κ1) is 22.6. The molecule has 1 saturated heterocycles. The second-order valence-corrected chi connectivity index (χ2v) is 8.66. The van der Waals surface area contributed by atoms with Gasteiger partial charge in [0, 0.05) is 12.8 Å². The second-order valence-electron chi connectivity index (χ2n) is 8.66. The molecule has 0 amide bonds. The number of hydrogen-bond donors (Lipinski definition) is 1. The van der Waals surface area contributed by atoms with E-state index in [2.05, 4.69) is 26.0 Å². The number of carbonyl (C=O) groups is 1. The van der Waals surface area contributed by atoms with Crippen LogP contribution < -0.4 is 9.47 Å². The van der Waals surface area contributed by atoms with Gasteiger partial charge < -0.3 is 24.1 Å². The fraction of sp³-hybridized carbons (Fsp3) is 0.500. The first-order chi connectivity index (χ1) is 15.4. The van der Waals surface area contributed by atoms with Crippen LogP contribution in [0.1, 0.15) is 49.3 Å². The smallest absolute Gasteiger partial charge is 0.348 e. The summed E-state index contributed by atoms with van der Waals surface area (Å²) in [7, 11) is 0. The average molecular weight is 441 g/mol. The maximum atomic E-state index is 12.0. The molecule has 0 atom stereocenters. The van der Waals surface area contributed by atoms with Crippen molar-refractivity contribution in [2.45, 2.75) is 64.8 Å². The van der Waals surface area contributed by atoms with E-state index in [1.54, 1.807) is 0 Å². The Kier molecular flexibility index (Phi) is 6.72. The highest BCUT2D eigenvalue weighted by Gasteiger charge is 2.43. The number of hydrogen-bond acceptors (Lipinski definition) is 5. The van der Waals surface area contributed by atoms with Crippen LogP contribution >= 0.6 is 0 Å². The summed E-state index contributed by atoms with van der Waals surface area (Å²) in [6.45, 7) is 7.94. The normalized spacial score (nSPS) is 17.7. The van der Waals surface area contributed by atoms with Crippen LogP contribution in [-0.2, 0) is 20.9 Å². The lowest BCUT2D eigenvalue weighted by Gasteiger charge is -2.33. The first-order valence-corrected chi connectivity index (χ1v) is 11.4. The van der Waals surface area contributed by atoms with Crippen LogP contribution in [-0.4, -0.2) is 42.6 Å². The first-order valence-electron chi connectivity index (χ1n) is 11.4. The predicted molar refractivity (Wildman–Crippen MR) is 121 cm³/mol. The zero-order valence-corrected chi connectivity index (χ0v) is 19.1. The number of aryl methyl sites for hydroxylation is 1. The van der Waals surface area contributed by atoms with Crippen molar-refractivity contribution in [3.05, 3.63) is 47.0 Å². The molecule has 1 N–H and O–H groups in total. The van der Waals surface area contributed by atoms with E-state index < -0.39 is 11.6 Å². The largest absolute Gasteiger partial charge is 0.493 e. The molecule has 6 heteroatoms. The fourth-order valence-corrected chi connectivity index (χ4v) is 4.23. The van der Waals surface area contributed by atoms with Crippen molar-refractivity contribution in [1.29, 1.82) is 0 Å². The molecule has 2 aromatic carbocycles. The van der Waals surface area contributed by atoms with Crippen molar-refractivity contribution >= 4 is 5.97 Å². The standard InChI is InChI=1S/C26H32O6/c1-4-30-24-17(2)5-9-22(18(24)3)23-10-8-21(15-19(23)16-31-20-6-7-20)32-26(25(27)28)11-13-29-14-12-26/h5,8-10,15,20H,4,6-7,11-14,16H2,1-3H3,(H,27,28). The van der Waals surface area contributed by atoms with Crippen LogP contribution in [0.3, 0.4) is 0 Å². The van der Waals surface area contributed by atoms with E-state index >= 15 is 0 Å². The van der Waals surface area contributed by atoms with Crippen LogP contribution in [0.5, 0.6) is 11.5 Å². The molecule has 1 aliphatic heterocycles. The highest BCUT2D eigenvalue weighted by molar-refractivity contribution is 5.78.